The second-order valence-corrected chi connectivity index (χ2v) is 4.13. The number of fused-ring (bicyclic) bond motifs is 1. The molecule has 0 bridgehead atoms. The van der Waals surface area contributed by atoms with Gasteiger partial charge in [-0.25, -0.2) is 5.10 Å². The fourth-order valence-corrected chi connectivity index (χ4v) is 1.84. The molecule has 21 heavy (non-hydrogen) atoms. The molecule has 3 rings (SSSR count). The topological polar surface area (TPSA) is 113 Å². The van der Waals surface area contributed by atoms with Crippen molar-refractivity contribution in [3.8, 4) is 0 Å². The molecule has 0 aliphatic rings. The zero-order valence-corrected chi connectivity index (χ0v) is 10.7. The summed E-state index contributed by atoms with van der Waals surface area (Å²) in [6, 6.07) is 10.1. The second-order valence-electron chi connectivity index (χ2n) is 4.13. The molecule has 104 valence electrons. The number of amides is 1. The monoisotopic (exact) mass is 282 g/mol. The van der Waals surface area contributed by atoms with E-state index in [1.54, 1.807) is 36.4 Å². The van der Waals surface area contributed by atoms with Crippen LogP contribution in [0, 0.1) is 0 Å². The lowest BCUT2D eigenvalue weighted by Crippen LogP contribution is -2.31. The van der Waals surface area contributed by atoms with Crippen LogP contribution in [0.15, 0.2) is 47.4 Å². The molecular weight excluding hydrogens is 272 g/mol. The average molecular weight is 282 g/mol. The van der Waals surface area contributed by atoms with Gasteiger partial charge < -0.3 is 0 Å². The molecule has 0 saturated carbocycles. The third-order valence-corrected chi connectivity index (χ3v) is 2.79. The molecule has 1 amide bonds. The fraction of sp³-hybridized carbons (Fsp3) is 0. The highest BCUT2D eigenvalue weighted by molar-refractivity contribution is 6.04. The van der Waals surface area contributed by atoms with E-state index in [9.17, 15) is 9.59 Å². The van der Waals surface area contributed by atoms with Crippen molar-refractivity contribution >= 4 is 22.5 Å². The Morgan fingerprint density at radius 2 is 1.90 bits per heavy atom. The molecule has 0 atom stereocenters. The van der Waals surface area contributed by atoms with Crippen molar-refractivity contribution < 1.29 is 4.79 Å². The number of carbonyl (C=O) groups excluding carboxylic acids is 1. The molecule has 3 N–H and O–H groups in total. The first-order valence-corrected chi connectivity index (χ1v) is 6.07. The average Bonchev–Trinajstić information content (AvgIpc) is 2.54. The Balaban J connectivity index is 1.89. The molecule has 8 heteroatoms. The zero-order valence-electron chi connectivity index (χ0n) is 10.7. The Bertz CT molecular complexity index is 846. The largest absolute Gasteiger partial charge is 0.290 e. The molecule has 0 saturated heterocycles. The number of hydrogen-bond donors (Lipinski definition) is 3. The Kier molecular flexibility index (Phi) is 3.26. The predicted octanol–water partition coefficient (Wildman–Crippen LogP) is 0.470. The third-order valence-electron chi connectivity index (χ3n) is 2.79. The maximum Gasteiger partial charge on any atom is 0.290 e. The highest BCUT2D eigenvalue weighted by Crippen LogP contribution is 2.12. The zero-order chi connectivity index (χ0) is 14.7. The number of H-pyrrole nitrogens is 1. The summed E-state index contributed by atoms with van der Waals surface area (Å²) in [6.07, 6.45) is 1.52. The number of hydrogen-bond acceptors (Lipinski definition) is 6. The number of hydrazine groups is 1. The highest BCUT2D eigenvalue weighted by atomic mass is 16.2. The number of aromatic nitrogens is 4. The van der Waals surface area contributed by atoms with Gasteiger partial charge in [0.1, 0.15) is 0 Å². The molecule has 0 aliphatic carbocycles. The van der Waals surface area contributed by atoms with E-state index in [1.165, 1.54) is 6.20 Å². The normalized spacial score (nSPS) is 10.3. The van der Waals surface area contributed by atoms with Gasteiger partial charge >= 0.3 is 0 Å². The Morgan fingerprint density at radius 1 is 1.10 bits per heavy atom. The van der Waals surface area contributed by atoms with Gasteiger partial charge in [-0.05, 0) is 18.2 Å². The summed E-state index contributed by atoms with van der Waals surface area (Å²) in [7, 11) is 0. The lowest BCUT2D eigenvalue weighted by atomic mass is 10.1. The van der Waals surface area contributed by atoms with Crippen LogP contribution in [0.5, 0.6) is 0 Å². The summed E-state index contributed by atoms with van der Waals surface area (Å²) in [5.74, 6) is -0.104. The van der Waals surface area contributed by atoms with Crippen LogP contribution in [-0.2, 0) is 0 Å². The maximum atomic E-state index is 12.1. The number of nitrogens with zero attached hydrogens (tertiary/aromatic N) is 3. The Labute approximate surface area is 118 Å². The summed E-state index contributed by atoms with van der Waals surface area (Å²) in [5, 5.41) is 14.4. The fourth-order valence-electron chi connectivity index (χ4n) is 1.84. The van der Waals surface area contributed by atoms with Gasteiger partial charge in [-0.3, -0.25) is 20.4 Å². The lowest BCUT2D eigenvalue weighted by Gasteiger charge is -2.07. The van der Waals surface area contributed by atoms with Gasteiger partial charge in [0.2, 0.25) is 0 Å². The van der Waals surface area contributed by atoms with Crippen LogP contribution in [0.1, 0.15) is 10.5 Å². The summed E-state index contributed by atoms with van der Waals surface area (Å²) in [5.41, 5.74) is 4.84. The summed E-state index contributed by atoms with van der Waals surface area (Å²) in [4.78, 5) is 23.8. The number of rotatable bonds is 3. The molecule has 0 radical (unpaired) electrons. The molecule has 8 nitrogen and oxygen atoms in total. The van der Waals surface area contributed by atoms with Crippen molar-refractivity contribution in [2.75, 3.05) is 5.43 Å². The van der Waals surface area contributed by atoms with Crippen LogP contribution in [-0.4, -0.2) is 26.3 Å². The van der Waals surface area contributed by atoms with E-state index in [-0.39, 0.29) is 11.3 Å². The second kappa shape index (κ2) is 5.37. The van der Waals surface area contributed by atoms with Gasteiger partial charge in [-0.2, -0.15) is 10.2 Å². The molecule has 0 unspecified atom stereocenters. The molecule has 0 spiro atoms. The molecule has 0 aliphatic heterocycles. The van der Waals surface area contributed by atoms with Crippen molar-refractivity contribution in [1.82, 2.24) is 25.8 Å². The predicted molar refractivity (Wildman–Crippen MR) is 75.5 cm³/mol. The molecule has 1 aromatic carbocycles. The SMILES string of the molecule is O=C(NNc1cccnn1)c1n[nH]c(=O)c2ccccc12. The van der Waals surface area contributed by atoms with Crippen LogP contribution >= 0.6 is 0 Å². The van der Waals surface area contributed by atoms with Crippen molar-refractivity contribution in [2.24, 2.45) is 0 Å². The van der Waals surface area contributed by atoms with E-state index in [4.69, 9.17) is 0 Å². The van der Waals surface area contributed by atoms with E-state index in [2.05, 4.69) is 31.2 Å². The quantitative estimate of drug-likeness (QED) is 0.602. The van der Waals surface area contributed by atoms with Crippen molar-refractivity contribution in [3.05, 3.63) is 58.6 Å². The van der Waals surface area contributed by atoms with Gasteiger partial charge in [0.15, 0.2) is 11.5 Å². The standard InChI is InChI=1S/C13H10N6O2/c20-12-9-5-2-1-4-8(9)11(17-18-12)13(21)19-16-10-6-3-7-14-15-10/h1-7H,(H,15,16)(H,18,20)(H,19,21). The molecule has 2 heterocycles. The van der Waals surface area contributed by atoms with E-state index < -0.39 is 5.91 Å². The van der Waals surface area contributed by atoms with E-state index >= 15 is 0 Å². The number of anilines is 1. The molecule has 2 aromatic heterocycles. The lowest BCUT2D eigenvalue weighted by molar-refractivity contribution is 0.0958. The Morgan fingerprint density at radius 3 is 2.67 bits per heavy atom. The van der Waals surface area contributed by atoms with Crippen LogP contribution in [0.25, 0.3) is 10.8 Å². The molecular formula is C13H10N6O2. The van der Waals surface area contributed by atoms with Gasteiger partial charge in [-0.15, -0.1) is 5.10 Å². The van der Waals surface area contributed by atoms with E-state index in [0.717, 1.165) is 0 Å². The van der Waals surface area contributed by atoms with Gasteiger partial charge in [0.25, 0.3) is 11.5 Å². The van der Waals surface area contributed by atoms with Crippen molar-refractivity contribution in [3.63, 3.8) is 0 Å². The molecule has 0 fully saturated rings. The minimum absolute atomic E-state index is 0.113. The summed E-state index contributed by atoms with van der Waals surface area (Å²) >= 11 is 0. The van der Waals surface area contributed by atoms with Crippen LogP contribution in [0.2, 0.25) is 0 Å². The van der Waals surface area contributed by atoms with Crippen molar-refractivity contribution in [1.29, 1.82) is 0 Å². The summed E-state index contributed by atoms with van der Waals surface area (Å²) < 4.78 is 0. The third kappa shape index (κ3) is 2.54. The van der Waals surface area contributed by atoms with Gasteiger partial charge in [0.05, 0.1) is 5.39 Å². The van der Waals surface area contributed by atoms with Crippen LogP contribution < -0.4 is 16.4 Å². The minimum Gasteiger partial charge on any atom is -0.280 e. The number of nitrogens with one attached hydrogen (secondary N) is 3. The Hall–Kier alpha value is -3.29. The van der Waals surface area contributed by atoms with Gasteiger partial charge in [0, 0.05) is 11.6 Å². The van der Waals surface area contributed by atoms with Crippen LogP contribution in [0.3, 0.4) is 0 Å². The smallest absolute Gasteiger partial charge is 0.280 e. The van der Waals surface area contributed by atoms with Crippen molar-refractivity contribution in [2.45, 2.75) is 0 Å². The number of benzene rings is 1. The van der Waals surface area contributed by atoms with Gasteiger partial charge in [-0.1, -0.05) is 18.2 Å². The first kappa shape index (κ1) is 12.7. The maximum absolute atomic E-state index is 12.1. The summed E-state index contributed by atoms with van der Waals surface area (Å²) in [6.45, 7) is 0. The molecule has 3 aromatic rings. The first-order valence-electron chi connectivity index (χ1n) is 6.07. The first-order chi connectivity index (χ1) is 10.3. The van der Waals surface area contributed by atoms with E-state index in [1.807, 2.05) is 0 Å². The number of aromatic amines is 1. The minimum atomic E-state index is -0.492. The number of carbonyl (C=O) groups is 1. The highest BCUT2D eigenvalue weighted by Gasteiger charge is 2.13. The van der Waals surface area contributed by atoms with Crippen LogP contribution in [0.4, 0.5) is 5.82 Å². The van der Waals surface area contributed by atoms with E-state index in [0.29, 0.717) is 16.6 Å².